The van der Waals surface area contributed by atoms with Crippen molar-refractivity contribution in [2.24, 2.45) is 0 Å². The van der Waals surface area contributed by atoms with Gasteiger partial charge in [0.1, 0.15) is 5.02 Å². The number of rotatable bonds is 7. The standard InChI is InChI=1S/C14H19ClF4N2O2S/c1-8(21-24(22)13(2,3)4)9-5-10(15)11(20-6-9)23-7-14(18,19)12(16)17/h5-6,8,12,21H,7H2,1-4H3. The van der Waals surface area contributed by atoms with Crippen LogP contribution >= 0.6 is 11.6 Å². The lowest BCUT2D eigenvalue weighted by Gasteiger charge is -2.22. The molecule has 0 spiro atoms. The number of hydrogen-bond donors (Lipinski definition) is 1. The molecular formula is C14H19ClF4N2O2S. The Morgan fingerprint density at radius 1 is 1.38 bits per heavy atom. The Kier molecular flexibility index (Phi) is 7.01. The van der Waals surface area contributed by atoms with Crippen molar-refractivity contribution in [2.45, 2.75) is 50.8 Å². The predicted molar refractivity (Wildman–Crippen MR) is 85.1 cm³/mol. The van der Waals surface area contributed by atoms with Crippen LogP contribution in [0.25, 0.3) is 0 Å². The van der Waals surface area contributed by atoms with Crippen LogP contribution < -0.4 is 9.46 Å². The fourth-order valence-corrected chi connectivity index (χ4v) is 2.46. The highest BCUT2D eigenvalue weighted by Gasteiger charge is 2.42. The summed E-state index contributed by atoms with van der Waals surface area (Å²) in [7, 11) is -1.33. The van der Waals surface area contributed by atoms with Crippen molar-refractivity contribution >= 4 is 22.6 Å². The number of nitrogens with one attached hydrogen (secondary N) is 1. The lowest BCUT2D eigenvalue weighted by Crippen LogP contribution is -2.35. The Morgan fingerprint density at radius 3 is 2.42 bits per heavy atom. The van der Waals surface area contributed by atoms with Crippen molar-refractivity contribution < 1.29 is 26.5 Å². The predicted octanol–water partition coefficient (Wildman–Crippen LogP) is 4.13. The summed E-state index contributed by atoms with van der Waals surface area (Å²) >= 11 is 5.88. The Bertz CT molecular complexity index is 597. The molecule has 0 aliphatic rings. The van der Waals surface area contributed by atoms with E-state index < -0.39 is 34.7 Å². The van der Waals surface area contributed by atoms with Gasteiger partial charge >= 0.3 is 12.3 Å². The van der Waals surface area contributed by atoms with Crippen LogP contribution in [0.5, 0.6) is 5.88 Å². The van der Waals surface area contributed by atoms with Gasteiger partial charge in [-0.3, -0.25) is 0 Å². The Labute approximate surface area is 145 Å². The maximum absolute atomic E-state index is 12.8. The fraction of sp³-hybridized carbons (Fsp3) is 0.643. The molecule has 2 unspecified atom stereocenters. The summed E-state index contributed by atoms with van der Waals surface area (Å²) in [6.45, 7) is 5.59. The molecule has 24 heavy (non-hydrogen) atoms. The first-order valence-corrected chi connectivity index (χ1v) is 8.49. The molecule has 1 aromatic rings. The van der Waals surface area contributed by atoms with Crippen molar-refractivity contribution in [2.75, 3.05) is 6.61 Å². The third-order valence-corrected chi connectivity index (χ3v) is 4.84. The number of hydrogen-bond acceptors (Lipinski definition) is 3. The van der Waals surface area contributed by atoms with Gasteiger partial charge in [0.15, 0.2) is 6.61 Å². The smallest absolute Gasteiger partial charge is 0.340 e. The first-order valence-electron chi connectivity index (χ1n) is 6.97. The van der Waals surface area contributed by atoms with Crippen molar-refractivity contribution in [3.05, 3.63) is 22.8 Å². The Morgan fingerprint density at radius 2 is 1.96 bits per heavy atom. The first-order chi connectivity index (χ1) is 10.8. The van der Waals surface area contributed by atoms with Crippen molar-refractivity contribution in [1.29, 1.82) is 0 Å². The van der Waals surface area contributed by atoms with Crippen LogP contribution in [0.1, 0.15) is 39.3 Å². The summed E-state index contributed by atoms with van der Waals surface area (Å²) in [5.41, 5.74) is 0.547. The number of pyridine rings is 1. The second kappa shape index (κ2) is 7.97. The lowest BCUT2D eigenvalue weighted by atomic mass is 10.2. The summed E-state index contributed by atoms with van der Waals surface area (Å²) in [6, 6.07) is 1.01. The lowest BCUT2D eigenvalue weighted by molar-refractivity contribution is -0.148. The van der Waals surface area contributed by atoms with Crippen molar-refractivity contribution in [3.63, 3.8) is 0 Å². The average Bonchev–Trinajstić information content (AvgIpc) is 2.44. The number of alkyl halides is 4. The van der Waals surface area contributed by atoms with E-state index in [2.05, 4.69) is 14.4 Å². The van der Waals surface area contributed by atoms with Crippen LogP contribution in [0.15, 0.2) is 12.3 Å². The van der Waals surface area contributed by atoms with E-state index in [1.807, 2.05) is 0 Å². The van der Waals surface area contributed by atoms with Crippen LogP contribution in [0.4, 0.5) is 17.6 Å². The quantitative estimate of drug-likeness (QED) is 0.712. The monoisotopic (exact) mass is 390 g/mol. The maximum atomic E-state index is 12.8. The zero-order chi connectivity index (χ0) is 18.7. The molecule has 1 rings (SSSR count). The summed E-state index contributed by atoms with van der Waals surface area (Å²) in [4.78, 5) is 3.76. The Balaban J connectivity index is 2.79. The molecular weight excluding hydrogens is 372 g/mol. The Hall–Kier alpha value is -0.930. The van der Waals surface area contributed by atoms with Crippen molar-refractivity contribution in [1.82, 2.24) is 9.71 Å². The highest BCUT2D eigenvalue weighted by atomic mass is 35.5. The van der Waals surface area contributed by atoms with Gasteiger partial charge in [-0.2, -0.15) is 8.78 Å². The number of ether oxygens (including phenoxy) is 1. The highest BCUT2D eigenvalue weighted by molar-refractivity contribution is 7.84. The van der Waals surface area contributed by atoms with Crippen molar-refractivity contribution in [3.8, 4) is 5.88 Å². The van der Waals surface area contributed by atoms with Crippen LogP contribution in [-0.4, -0.2) is 32.9 Å². The molecule has 4 nitrogen and oxygen atoms in total. The average molecular weight is 391 g/mol. The minimum atomic E-state index is -4.29. The second-order valence-corrected chi connectivity index (χ2v) is 8.53. The first kappa shape index (κ1) is 21.1. The highest BCUT2D eigenvalue weighted by Crippen LogP contribution is 2.29. The van der Waals surface area contributed by atoms with E-state index in [0.29, 0.717) is 5.56 Å². The van der Waals surface area contributed by atoms with Gasteiger partial charge in [0.05, 0.1) is 15.7 Å². The van der Waals surface area contributed by atoms with Crippen LogP contribution in [0, 0.1) is 0 Å². The number of nitrogens with zero attached hydrogens (tertiary/aromatic N) is 1. The zero-order valence-corrected chi connectivity index (χ0v) is 15.2. The summed E-state index contributed by atoms with van der Waals surface area (Å²) < 4.78 is 68.9. The fourth-order valence-electron chi connectivity index (χ4n) is 1.42. The number of aromatic nitrogens is 1. The largest absolute Gasteiger partial charge is 0.470 e. The molecule has 0 aromatic carbocycles. The molecule has 0 aliphatic heterocycles. The zero-order valence-electron chi connectivity index (χ0n) is 13.6. The van der Waals surface area contributed by atoms with Gasteiger partial charge in [0.25, 0.3) is 0 Å². The van der Waals surface area contributed by atoms with E-state index in [1.165, 1.54) is 12.3 Å². The molecule has 1 aromatic heterocycles. The topological polar surface area (TPSA) is 51.2 Å². The van der Waals surface area contributed by atoms with Gasteiger partial charge in [-0.1, -0.05) is 11.6 Å². The molecule has 0 saturated heterocycles. The van der Waals surface area contributed by atoms with E-state index in [4.69, 9.17) is 11.6 Å². The minimum absolute atomic E-state index is 0.104. The molecule has 2 atom stereocenters. The number of halogens is 5. The SMILES string of the molecule is CC(NS(=O)C(C)(C)C)c1cnc(OCC(F)(F)C(F)F)c(Cl)c1. The third-order valence-electron chi connectivity index (χ3n) is 2.89. The maximum Gasteiger partial charge on any atom is 0.340 e. The molecule has 1 heterocycles. The van der Waals surface area contributed by atoms with Gasteiger partial charge in [0.2, 0.25) is 5.88 Å². The van der Waals surface area contributed by atoms with E-state index in [1.54, 1.807) is 27.7 Å². The third kappa shape index (κ3) is 5.86. The molecule has 1 N–H and O–H groups in total. The molecule has 10 heteroatoms. The van der Waals surface area contributed by atoms with Crippen LogP contribution in [-0.2, 0) is 11.0 Å². The minimum Gasteiger partial charge on any atom is -0.470 e. The molecule has 0 saturated carbocycles. The molecule has 138 valence electrons. The van der Waals surface area contributed by atoms with Gasteiger partial charge in [-0.15, -0.1) is 0 Å². The van der Waals surface area contributed by atoms with Gasteiger partial charge < -0.3 is 4.74 Å². The normalized spacial score (nSPS) is 15.4. The summed E-state index contributed by atoms with van der Waals surface area (Å²) in [6.07, 6.45) is -2.55. The second-order valence-electron chi connectivity index (χ2n) is 6.13. The van der Waals surface area contributed by atoms with Crippen LogP contribution in [0.2, 0.25) is 5.02 Å². The summed E-state index contributed by atoms with van der Waals surface area (Å²) in [5, 5.41) is -0.104. The van der Waals surface area contributed by atoms with Gasteiger partial charge in [-0.05, 0) is 39.3 Å². The molecule has 0 aliphatic carbocycles. The molecule has 0 radical (unpaired) electrons. The van der Waals surface area contributed by atoms with Gasteiger partial charge in [-0.25, -0.2) is 22.7 Å². The van der Waals surface area contributed by atoms with E-state index in [0.717, 1.165) is 0 Å². The van der Waals surface area contributed by atoms with Crippen LogP contribution in [0.3, 0.4) is 0 Å². The van der Waals surface area contributed by atoms with E-state index in [-0.39, 0.29) is 16.9 Å². The summed E-state index contributed by atoms with van der Waals surface area (Å²) in [5.74, 6) is -4.66. The van der Waals surface area contributed by atoms with E-state index >= 15 is 0 Å². The molecule has 0 bridgehead atoms. The van der Waals surface area contributed by atoms with Gasteiger partial charge in [0, 0.05) is 12.2 Å². The molecule has 0 amide bonds. The van der Waals surface area contributed by atoms with E-state index in [9.17, 15) is 21.8 Å². The molecule has 0 fully saturated rings.